The van der Waals surface area contributed by atoms with E-state index in [-0.39, 0.29) is 0 Å². The van der Waals surface area contributed by atoms with Crippen LogP contribution in [0.25, 0.3) is 0 Å². The number of carbonyl (C=O) groups excluding carboxylic acids is 2. The Balaban J connectivity index is 2.66. The van der Waals surface area contributed by atoms with Crippen LogP contribution in [0.5, 0.6) is 0 Å². The number of aliphatic carboxylic acids is 1. The Hall–Kier alpha value is -1.64. The summed E-state index contributed by atoms with van der Waals surface area (Å²) in [6.45, 7) is -0.276. The van der Waals surface area contributed by atoms with Crippen molar-refractivity contribution in [2.24, 2.45) is 0 Å². The van der Waals surface area contributed by atoms with Gasteiger partial charge in [-0.05, 0) is 18.7 Å². The molecule has 0 aromatic carbocycles. The zero-order chi connectivity index (χ0) is 22.4. The predicted octanol–water partition coefficient (Wildman–Crippen LogP) is -2.30. The van der Waals surface area contributed by atoms with Crippen LogP contribution in [-0.4, -0.2) is 93.8 Å². The maximum Gasteiger partial charge on any atom is 0.325 e. The number of hydrogen-bond acceptors (Lipinski definition) is 8. The molecule has 1 saturated heterocycles. The molecule has 6 atom stereocenters. The third kappa shape index (κ3) is 7.28. The van der Waals surface area contributed by atoms with Crippen LogP contribution >= 0.6 is 11.8 Å². The van der Waals surface area contributed by atoms with Crippen molar-refractivity contribution < 1.29 is 48.3 Å². The summed E-state index contributed by atoms with van der Waals surface area (Å²) in [5.74, 6) is -6.91. The molecule has 168 valence electrons. The molecule has 0 aromatic rings. The van der Waals surface area contributed by atoms with Gasteiger partial charge in [0.2, 0.25) is 11.8 Å². The number of halogens is 3. The zero-order valence-corrected chi connectivity index (χ0v) is 16.1. The minimum Gasteiger partial charge on any atom is -0.480 e. The van der Waals surface area contributed by atoms with Crippen molar-refractivity contribution in [2.45, 2.75) is 62.2 Å². The fourth-order valence-corrected chi connectivity index (χ4v) is 2.78. The molecular weight excluding hydrogens is 424 g/mol. The fourth-order valence-electron chi connectivity index (χ4n) is 2.61. The van der Waals surface area contributed by atoms with Crippen molar-refractivity contribution in [1.82, 2.24) is 15.5 Å². The van der Waals surface area contributed by atoms with Crippen molar-refractivity contribution in [2.75, 3.05) is 13.2 Å². The first-order valence-corrected chi connectivity index (χ1v) is 8.97. The highest BCUT2D eigenvalue weighted by Gasteiger charge is 2.50. The van der Waals surface area contributed by atoms with E-state index in [0.717, 1.165) is 0 Å². The van der Waals surface area contributed by atoms with E-state index in [2.05, 4.69) is 5.32 Å². The standard InChI is InChI=1S/C15H24ClF2N3O8/c1-6(14(27)28)20-11(24)4-19-13(26)7(21-16)3-15(17,18)10-2-8(23)12(25)9(5-22)29-10/h6-10,12,21-23,25H,2-5H2,1H3,(H,19,26)(H,20,24)(H,27,28). The maximum absolute atomic E-state index is 14.6. The van der Waals surface area contributed by atoms with Gasteiger partial charge in [0.25, 0.3) is 5.92 Å². The van der Waals surface area contributed by atoms with Gasteiger partial charge >= 0.3 is 5.97 Å². The lowest BCUT2D eigenvalue weighted by Gasteiger charge is -2.40. The second kappa shape index (κ2) is 10.9. The molecule has 1 fully saturated rings. The molecule has 2 amide bonds. The molecule has 29 heavy (non-hydrogen) atoms. The third-order valence-corrected chi connectivity index (χ3v) is 4.58. The van der Waals surface area contributed by atoms with Crippen LogP contribution in [-0.2, 0) is 19.1 Å². The average molecular weight is 448 g/mol. The topological polar surface area (TPSA) is 177 Å². The normalized spacial score (nSPS) is 27.0. The summed E-state index contributed by atoms with van der Waals surface area (Å²) in [5.41, 5.74) is 0. The number of nitrogens with one attached hydrogen (secondary N) is 3. The lowest BCUT2D eigenvalue weighted by Crippen LogP contribution is -2.56. The number of ether oxygens (including phenoxy) is 1. The molecule has 6 unspecified atom stereocenters. The number of rotatable bonds is 10. The van der Waals surface area contributed by atoms with Crippen molar-refractivity contribution in [3.63, 3.8) is 0 Å². The summed E-state index contributed by atoms with van der Waals surface area (Å²) in [6, 6.07) is -2.88. The van der Waals surface area contributed by atoms with E-state index in [1.807, 2.05) is 10.2 Å². The predicted molar refractivity (Wildman–Crippen MR) is 93.0 cm³/mol. The first-order chi connectivity index (χ1) is 13.4. The van der Waals surface area contributed by atoms with Crippen LogP contribution < -0.4 is 15.5 Å². The van der Waals surface area contributed by atoms with E-state index in [1.54, 1.807) is 0 Å². The van der Waals surface area contributed by atoms with Gasteiger partial charge in [0.05, 0.1) is 19.3 Å². The molecule has 14 heteroatoms. The fraction of sp³-hybridized carbons (Fsp3) is 0.800. The molecule has 0 aliphatic carbocycles. The first kappa shape index (κ1) is 25.4. The van der Waals surface area contributed by atoms with Gasteiger partial charge in [-0.25, -0.2) is 13.6 Å². The Labute approximate surface area is 169 Å². The van der Waals surface area contributed by atoms with Crippen LogP contribution in [0.15, 0.2) is 0 Å². The summed E-state index contributed by atoms with van der Waals surface area (Å²) in [4.78, 5) is 36.1. The monoisotopic (exact) mass is 447 g/mol. The van der Waals surface area contributed by atoms with Crippen LogP contribution in [0.1, 0.15) is 19.8 Å². The Morgan fingerprint density at radius 2 is 1.93 bits per heavy atom. The van der Waals surface area contributed by atoms with Crippen LogP contribution in [0, 0.1) is 0 Å². The number of carboxylic acids is 1. The smallest absolute Gasteiger partial charge is 0.325 e. The van der Waals surface area contributed by atoms with E-state index >= 15 is 0 Å². The zero-order valence-electron chi connectivity index (χ0n) is 15.3. The highest BCUT2D eigenvalue weighted by atomic mass is 35.5. The third-order valence-electron chi connectivity index (χ3n) is 4.32. The summed E-state index contributed by atoms with van der Waals surface area (Å²) in [5, 5.41) is 41.2. The molecule has 1 heterocycles. The van der Waals surface area contributed by atoms with Gasteiger partial charge in [-0.3, -0.25) is 14.4 Å². The van der Waals surface area contributed by atoms with Gasteiger partial charge in [0, 0.05) is 12.8 Å². The minimum absolute atomic E-state index is 0.642. The van der Waals surface area contributed by atoms with E-state index < -0.39 is 86.2 Å². The van der Waals surface area contributed by atoms with Gasteiger partial charge in [0.15, 0.2) is 0 Å². The largest absolute Gasteiger partial charge is 0.480 e. The quantitative estimate of drug-likeness (QED) is 0.181. The number of aliphatic hydroxyl groups excluding tert-OH is 3. The van der Waals surface area contributed by atoms with Crippen LogP contribution in [0.3, 0.4) is 0 Å². The summed E-state index contributed by atoms with van der Waals surface area (Å²) >= 11 is 5.36. The van der Waals surface area contributed by atoms with Gasteiger partial charge < -0.3 is 35.8 Å². The van der Waals surface area contributed by atoms with Crippen LogP contribution in [0.4, 0.5) is 8.78 Å². The lowest BCUT2D eigenvalue weighted by atomic mass is 9.92. The summed E-state index contributed by atoms with van der Waals surface area (Å²) < 4.78 is 34.0. The van der Waals surface area contributed by atoms with Gasteiger partial charge in [-0.15, -0.1) is 0 Å². The number of amides is 2. The second-order valence-electron chi connectivity index (χ2n) is 6.61. The van der Waals surface area contributed by atoms with Crippen molar-refractivity contribution in [3.05, 3.63) is 0 Å². The van der Waals surface area contributed by atoms with E-state index in [9.17, 15) is 33.4 Å². The second-order valence-corrected chi connectivity index (χ2v) is 6.83. The SMILES string of the molecule is CC(NC(=O)CNC(=O)C(CC(F)(F)C1CC(O)C(O)C(CO)O1)NCl)C(=O)O. The van der Waals surface area contributed by atoms with Gasteiger partial charge in [0.1, 0.15) is 30.4 Å². The molecule has 0 radical (unpaired) electrons. The molecular formula is C15H24ClF2N3O8. The Bertz CT molecular complexity index is 600. The van der Waals surface area contributed by atoms with E-state index in [0.29, 0.717) is 0 Å². The molecule has 0 bridgehead atoms. The van der Waals surface area contributed by atoms with E-state index in [4.69, 9.17) is 26.7 Å². The summed E-state index contributed by atoms with van der Waals surface area (Å²) in [7, 11) is 0. The first-order valence-electron chi connectivity index (χ1n) is 8.59. The molecule has 1 rings (SSSR count). The maximum atomic E-state index is 14.6. The van der Waals surface area contributed by atoms with Crippen LogP contribution in [0.2, 0.25) is 0 Å². The van der Waals surface area contributed by atoms with Crippen molar-refractivity contribution >= 4 is 29.6 Å². The van der Waals surface area contributed by atoms with Crippen molar-refractivity contribution in [3.8, 4) is 0 Å². The minimum atomic E-state index is -3.70. The molecule has 0 saturated carbocycles. The number of carboxylic acid groups (broad SMARTS) is 1. The molecule has 0 spiro atoms. The molecule has 0 aromatic heterocycles. The molecule has 11 nitrogen and oxygen atoms in total. The summed E-state index contributed by atoms with van der Waals surface area (Å²) in [6.07, 6.45) is -8.25. The lowest BCUT2D eigenvalue weighted by molar-refractivity contribution is -0.241. The Morgan fingerprint density at radius 1 is 1.31 bits per heavy atom. The Kier molecular flexibility index (Phi) is 9.58. The average Bonchev–Trinajstić information content (AvgIpc) is 2.65. The number of aliphatic hydroxyl groups is 3. The molecule has 7 N–H and O–H groups in total. The highest BCUT2D eigenvalue weighted by molar-refractivity contribution is 6.15. The number of carbonyl (C=O) groups is 3. The van der Waals surface area contributed by atoms with Crippen molar-refractivity contribution in [1.29, 1.82) is 0 Å². The number of alkyl halides is 2. The molecule has 1 aliphatic heterocycles. The Morgan fingerprint density at radius 3 is 2.45 bits per heavy atom. The highest BCUT2D eigenvalue weighted by Crippen LogP contribution is 2.35. The van der Waals surface area contributed by atoms with Gasteiger partial charge in [-0.2, -0.15) is 0 Å². The number of hydrogen-bond donors (Lipinski definition) is 7. The molecule has 1 aliphatic rings. The van der Waals surface area contributed by atoms with Gasteiger partial charge in [-0.1, -0.05) is 0 Å². The van der Waals surface area contributed by atoms with E-state index in [1.165, 1.54) is 6.92 Å².